The Morgan fingerprint density at radius 2 is 1.59 bits per heavy atom. The predicted octanol–water partition coefficient (Wildman–Crippen LogP) is 8.41. The van der Waals surface area contributed by atoms with Gasteiger partial charge in [0.2, 0.25) is 11.2 Å². The highest BCUT2D eigenvalue weighted by molar-refractivity contribution is 6.30. The molecule has 0 radical (unpaired) electrons. The van der Waals surface area contributed by atoms with E-state index in [1.807, 2.05) is 25.7 Å². The molecule has 216 valence electrons. The summed E-state index contributed by atoms with van der Waals surface area (Å²) in [5.41, 5.74) is 0.0389. The van der Waals surface area contributed by atoms with E-state index in [1.54, 1.807) is 24.3 Å². The molecule has 0 aliphatic heterocycles. The highest BCUT2D eigenvalue weighted by Gasteiger charge is 2.41. The van der Waals surface area contributed by atoms with E-state index in [-0.39, 0.29) is 40.1 Å². The summed E-state index contributed by atoms with van der Waals surface area (Å²) in [5, 5.41) is 0.208. The van der Waals surface area contributed by atoms with Crippen molar-refractivity contribution in [3.05, 3.63) is 98.4 Å². The zero-order chi connectivity index (χ0) is 29.7. The molecule has 0 bridgehead atoms. The first kappa shape index (κ1) is 30.1. The minimum atomic E-state index is -5.06. The second kappa shape index (κ2) is 12.8. The van der Waals surface area contributed by atoms with Gasteiger partial charge in [0.05, 0.1) is 16.5 Å². The Hall–Kier alpha value is -3.82. The monoisotopic (exact) mass is 587 g/mol. The van der Waals surface area contributed by atoms with Gasteiger partial charge in [-0.1, -0.05) is 43.1 Å². The number of carbonyl (C=O) groups is 1. The maximum Gasteiger partial charge on any atom is 0.453 e. The minimum Gasteiger partial charge on any atom is -0.449 e. The van der Waals surface area contributed by atoms with Crippen molar-refractivity contribution in [3.8, 4) is 17.2 Å². The first-order chi connectivity index (χ1) is 19.5. The molecule has 0 saturated heterocycles. The second-order valence-electron chi connectivity index (χ2n) is 9.59. The lowest BCUT2D eigenvalue weighted by Crippen LogP contribution is -2.26. The zero-order valence-corrected chi connectivity index (χ0v) is 23.6. The van der Waals surface area contributed by atoms with Crippen molar-refractivity contribution in [1.29, 1.82) is 0 Å². The number of carbonyl (C=O) groups excluding carboxylic acids is 1. The summed E-state index contributed by atoms with van der Waals surface area (Å²) in [6.45, 7) is 7.18. The summed E-state index contributed by atoms with van der Waals surface area (Å²) in [5.74, 6) is -3.30. The Balaban J connectivity index is 1.90. The van der Waals surface area contributed by atoms with Crippen molar-refractivity contribution in [2.75, 3.05) is 13.1 Å². The van der Waals surface area contributed by atoms with Crippen molar-refractivity contribution < 1.29 is 31.9 Å². The van der Waals surface area contributed by atoms with Crippen LogP contribution < -0.4 is 14.9 Å². The molecule has 10 heteroatoms. The van der Waals surface area contributed by atoms with Crippen molar-refractivity contribution in [3.63, 3.8) is 0 Å². The summed E-state index contributed by atoms with van der Waals surface area (Å²) in [4.78, 5) is 28.5. The standard InChI is InChI=1S/C31H29ClF3NO5/c1-4-16-36(17-5-2)18-24-25(40-30(38)20-8-6-19(3)7-9-20)15-14-23-26(37)28(29(31(33,34)35)41-27(23)24)39-22-12-10-21(32)11-13-22/h6-15H,4-5,16-18H2,1-3H3. The van der Waals surface area contributed by atoms with Crippen molar-refractivity contribution in [2.24, 2.45) is 0 Å². The van der Waals surface area contributed by atoms with Gasteiger partial charge in [0.15, 0.2) is 0 Å². The number of alkyl halides is 3. The SMILES string of the molecule is CCCN(CCC)Cc1c(OC(=O)c2ccc(C)cc2)ccc2c(=O)c(Oc3ccc(Cl)cc3)c(C(F)(F)F)oc12. The molecule has 0 fully saturated rings. The van der Waals surface area contributed by atoms with Crippen LogP contribution >= 0.6 is 11.6 Å². The van der Waals surface area contributed by atoms with E-state index in [0.29, 0.717) is 18.1 Å². The summed E-state index contributed by atoms with van der Waals surface area (Å²) in [7, 11) is 0. The topological polar surface area (TPSA) is 69.0 Å². The Bertz CT molecular complexity index is 1580. The van der Waals surface area contributed by atoms with Crippen LogP contribution in [0, 0.1) is 6.92 Å². The third kappa shape index (κ3) is 7.10. The maximum absolute atomic E-state index is 14.3. The minimum absolute atomic E-state index is 0.00271. The number of hydrogen-bond donors (Lipinski definition) is 0. The number of esters is 1. The van der Waals surface area contributed by atoms with E-state index in [0.717, 1.165) is 18.4 Å². The molecular formula is C31H29ClF3NO5. The fraction of sp³-hybridized carbons (Fsp3) is 0.290. The first-order valence-corrected chi connectivity index (χ1v) is 13.5. The molecule has 0 N–H and O–H groups in total. The van der Waals surface area contributed by atoms with Crippen molar-refractivity contribution in [2.45, 2.75) is 46.3 Å². The van der Waals surface area contributed by atoms with Crippen LogP contribution in [0.1, 0.15) is 53.9 Å². The van der Waals surface area contributed by atoms with Crippen LogP contribution in [0.25, 0.3) is 11.0 Å². The molecule has 0 unspecified atom stereocenters. The van der Waals surface area contributed by atoms with Crippen LogP contribution in [-0.4, -0.2) is 24.0 Å². The van der Waals surface area contributed by atoms with Crippen LogP contribution in [0.5, 0.6) is 17.2 Å². The van der Waals surface area contributed by atoms with Gasteiger partial charge < -0.3 is 13.9 Å². The third-order valence-corrected chi connectivity index (χ3v) is 6.57. The second-order valence-corrected chi connectivity index (χ2v) is 10.0. The lowest BCUT2D eigenvalue weighted by Gasteiger charge is -2.23. The molecule has 0 atom stereocenters. The number of fused-ring (bicyclic) bond motifs is 1. The number of aryl methyl sites for hydroxylation is 1. The molecule has 0 amide bonds. The molecule has 0 spiro atoms. The van der Waals surface area contributed by atoms with E-state index in [2.05, 4.69) is 0 Å². The van der Waals surface area contributed by atoms with Crippen LogP contribution in [0.4, 0.5) is 13.2 Å². The lowest BCUT2D eigenvalue weighted by molar-refractivity contribution is -0.154. The molecule has 1 aromatic heterocycles. The van der Waals surface area contributed by atoms with Crippen LogP contribution in [0.3, 0.4) is 0 Å². The molecule has 4 rings (SSSR count). The quantitative estimate of drug-likeness (QED) is 0.137. The summed E-state index contributed by atoms with van der Waals surface area (Å²) in [6.07, 6.45) is -3.51. The smallest absolute Gasteiger partial charge is 0.449 e. The van der Waals surface area contributed by atoms with Gasteiger partial charge in [-0.3, -0.25) is 9.69 Å². The van der Waals surface area contributed by atoms with Gasteiger partial charge in [-0.05, 0) is 81.4 Å². The molecule has 1 heterocycles. The maximum atomic E-state index is 14.3. The lowest BCUT2D eigenvalue weighted by atomic mass is 10.1. The summed E-state index contributed by atoms with van der Waals surface area (Å²) >= 11 is 5.87. The number of nitrogens with zero attached hydrogens (tertiary/aromatic N) is 1. The molecule has 0 saturated carbocycles. The number of ether oxygens (including phenoxy) is 2. The van der Waals surface area contributed by atoms with E-state index < -0.39 is 29.1 Å². The highest BCUT2D eigenvalue weighted by atomic mass is 35.5. The highest BCUT2D eigenvalue weighted by Crippen LogP contribution is 2.40. The molecule has 0 aliphatic carbocycles. The van der Waals surface area contributed by atoms with Gasteiger partial charge in [0.25, 0.3) is 5.76 Å². The van der Waals surface area contributed by atoms with Gasteiger partial charge in [0, 0.05) is 11.6 Å². The molecule has 41 heavy (non-hydrogen) atoms. The molecule has 4 aromatic rings. The Morgan fingerprint density at radius 3 is 2.17 bits per heavy atom. The zero-order valence-electron chi connectivity index (χ0n) is 22.8. The van der Waals surface area contributed by atoms with Crippen molar-refractivity contribution in [1.82, 2.24) is 4.90 Å². The van der Waals surface area contributed by atoms with Crippen LogP contribution in [0.15, 0.2) is 69.9 Å². The van der Waals surface area contributed by atoms with Crippen LogP contribution in [0.2, 0.25) is 5.02 Å². The summed E-state index contributed by atoms with van der Waals surface area (Å²) in [6, 6.07) is 14.9. The van der Waals surface area contributed by atoms with E-state index in [1.165, 1.54) is 36.4 Å². The normalized spacial score (nSPS) is 11.7. The average Bonchev–Trinajstić information content (AvgIpc) is 2.92. The summed E-state index contributed by atoms with van der Waals surface area (Å²) < 4.78 is 59.5. The van der Waals surface area contributed by atoms with Gasteiger partial charge in [-0.25, -0.2) is 4.79 Å². The van der Waals surface area contributed by atoms with E-state index in [4.69, 9.17) is 25.5 Å². The fourth-order valence-corrected chi connectivity index (χ4v) is 4.52. The number of halogens is 4. The fourth-order valence-electron chi connectivity index (χ4n) is 4.40. The van der Waals surface area contributed by atoms with Gasteiger partial charge in [-0.2, -0.15) is 13.2 Å². The predicted molar refractivity (Wildman–Crippen MR) is 151 cm³/mol. The number of benzene rings is 3. The Labute approximate surface area is 240 Å². The van der Waals surface area contributed by atoms with Gasteiger partial charge in [0.1, 0.15) is 17.1 Å². The van der Waals surface area contributed by atoms with E-state index >= 15 is 0 Å². The number of hydrogen-bond acceptors (Lipinski definition) is 6. The van der Waals surface area contributed by atoms with Crippen molar-refractivity contribution >= 4 is 28.5 Å². The average molecular weight is 588 g/mol. The molecular weight excluding hydrogens is 559 g/mol. The molecule has 3 aromatic carbocycles. The first-order valence-electron chi connectivity index (χ1n) is 13.2. The molecule has 6 nitrogen and oxygen atoms in total. The van der Waals surface area contributed by atoms with Gasteiger partial charge in [-0.15, -0.1) is 0 Å². The van der Waals surface area contributed by atoms with Gasteiger partial charge >= 0.3 is 12.1 Å². The molecule has 0 aliphatic rings. The third-order valence-electron chi connectivity index (χ3n) is 6.32. The Kier molecular flexibility index (Phi) is 9.40. The van der Waals surface area contributed by atoms with Crippen LogP contribution in [-0.2, 0) is 12.7 Å². The van der Waals surface area contributed by atoms with E-state index in [9.17, 15) is 22.8 Å². The Morgan fingerprint density at radius 1 is 0.951 bits per heavy atom. The number of rotatable bonds is 10. The largest absolute Gasteiger partial charge is 0.453 e.